The molecule has 1 saturated carbocycles. The molecule has 4 heteroatoms. The molecule has 1 heterocycles. The van der Waals surface area contributed by atoms with E-state index in [1.807, 2.05) is 23.5 Å². The molecule has 0 radical (unpaired) electrons. The minimum Gasteiger partial charge on any atom is -0.309 e. The summed E-state index contributed by atoms with van der Waals surface area (Å²) in [6.07, 6.45) is 3.69. The minimum absolute atomic E-state index is 0.629. The average Bonchev–Trinajstić information content (AvgIpc) is 3.19. The molecule has 0 atom stereocenters. The Balaban J connectivity index is 1.84. The van der Waals surface area contributed by atoms with Gasteiger partial charge in [0.05, 0.1) is 5.69 Å². The van der Waals surface area contributed by atoms with E-state index in [1.54, 1.807) is 0 Å². The van der Waals surface area contributed by atoms with Gasteiger partial charge in [0.25, 0.3) is 0 Å². The largest absolute Gasteiger partial charge is 0.309 e. The van der Waals surface area contributed by atoms with Gasteiger partial charge in [-0.15, -0.1) is 11.3 Å². The lowest BCUT2D eigenvalue weighted by molar-refractivity contribution is 0.624. The standard InChI is InChI=1S/C17H21ClN2S/c1-11(2)9-15-16(10-19-14-7-8-14)21-17(20-15)12-3-5-13(18)6-4-12/h3-6,11,14,19H,7-10H2,1-2H3. The molecule has 0 unspecified atom stereocenters. The zero-order valence-electron chi connectivity index (χ0n) is 12.5. The number of nitrogens with zero attached hydrogens (tertiary/aromatic N) is 1. The fraction of sp³-hybridized carbons (Fsp3) is 0.471. The van der Waals surface area contributed by atoms with Gasteiger partial charge in [-0.2, -0.15) is 0 Å². The second-order valence-corrected chi connectivity index (χ2v) is 7.67. The molecule has 1 aromatic heterocycles. The summed E-state index contributed by atoms with van der Waals surface area (Å²) in [6.45, 7) is 5.46. The van der Waals surface area contributed by atoms with Crippen LogP contribution >= 0.6 is 22.9 Å². The number of hydrogen-bond donors (Lipinski definition) is 1. The monoisotopic (exact) mass is 320 g/mol. The Morgan fingerprint density at radius 1 is 1.29 bits per heavy atom. The number of nitrogens with one attached hydrogen (secondary N) is 1. The molecule has 112 valence electrons. The summed E-state index contributed by atoms with van der Waals surface area (Å²) in [7, 11) is 0. The normalized spacial score (nSPS) is 14.9. The molecule has 1 fully saturated rings. The quantitative estimate of drug-likeness (QED) is 0.817. The number of hydrogen-bond acceptors (Lipinski definition) is 3. The van der Waals surface area contributed by atoms with Crippen molar-refractivity contribution in [2.45, 2.75) is 45.7 Å². The first-order chi connectivity index (χ1) is 10.1. The first-order valence-corrected chi connectivity index (χ1v) is 8.79. The summed E-state index contributed by atoms with van der Waals surface area (Å²) in [5, 5.41) is 5.49. The van der Waals surface area contributed by atoms with Gasteiger partial charge in [-0.3, -0.25) is 0 Å². The minimum atomic E-state index is 0.629. The fourth-order valence-corrected chi connectivity index (χ4v) is 3.48. The third-order valence-electron chi connectivity index (χ3n) is 3.60. The lowest BCUT2D eigenvalue weighted by Crippen LogP contribution is -2.15. The fourth-order valence-electron chi connectivity index (χ4n) is 2.31. The van der Waals surface area contributed by atoms with E-state index in [0.717, 1.165) is 34.6 Å². The van der Waals surface area contributed by atoms with E-state index in [2.05, 4.69) is 31.3 Å². The summed E-state index contributed by atoms with van der Waals surface area (Å²) < 4.78 is 0. The van der Waals surface area contributed by atoms with Crippen molar-refractivity contribution in [1.29, 1.82) is 0 Å². The first kappa shape index (κ1) is 15.0. The van der Waals surface area contributed by atoms with E-state index < -0.39 is 0 Å². The van der Waals surface area contributed by atoms with Gasteiger partial charge in [0.15, 0.2) is 0 Å². The number of aromatic nitrogens is 1. The molecule has 0 bridgehead atoms. The Kier molecular flexibility index (Phi) is 4.63. The highest BCUT2D eigenvalue weighted by atomic mass is 35.5. The van der Waals surface area contributed by atoms with E-state index in [4.69, 9.17) is 16.6 Å². The zero-order valence-corrected chi connectivity index (χ0v) is 14.1. The van der Waals surface area contributed by atoms with Crippen LogP contribution in [0.15, 0.2) is 24.3 Å². The van der Waals surface area contributed by atoms with Gasteiger partial charge in [0.2, 0.25) is 0 Å². The maximum absolute atomic E-state index is 5.97. The lowest BCUT2D eigenvalue weighted by atomic mass is 10.1. The Morgan fingerprint density at radius 3 is 2.62 bits per heavy atom. The van der Waals surface area contributed by atoms with E-state index in [1.165, 1.54) is 23.4 Å². The van der Waals surface area contributed by atoms with Crippen molar-refractivity contribution in [3.8, 4) is 10.6 Å². The van der Waals surface area contributed by atoms with Crippen LogP contribution in [0, 0.1) is 5.92 Å². The number of benzene rings is 1. The molecule has 1 aromatic carbocycles. The highest BCUT2D eigenvalue weighted by molar-refractivity contribution is 7.15. The van der Waals surface area contributed by atoms with Crippen LogP contribution in [-0.2, 0) is 13.0 Å². The van der Waals surface area contributed by atoms with Crippen molar-refractivity contribution in [2.75, 3.05) is 0 Å². The summed E-state index contributed by atoms with van der Waals surface area (Å²) >= 11 is 7.78. The summed E-state index contributed by atoms with van der Waals surface area (Å²) in [5.74, 6) is 0.629. The molecule has 21 heavy (non-hydrogen) atoms. The van der Waals surface area contributed by atoms with Crippen LogP contribution in [0.3, 0.4) is 0 Å². The van der Waals surface area contributed by atoms with E-state index in [9.17, 15) is 0 Å². The van der Waals surface area contributed by atoms with Crippen molar-refractivity contribution < 1.29 is 0 Å². The zero-order chi connectivity index (χ0) is 14.8. The topological polar surface area (TPSA) is 24.9 Å². The molecular formula is C17H21ClN2S. The molecule has 1 aliphatic carbocycles. The molecule has 1 aliphatic rings. The predicted molar refractivity (Wildman–Crippen MR) is 91.0 cm³/mol. The smallest absolute Gasteiger partial charge is 0.123 e. The molecule has 3 rings (SSSR count). The molecule has 2 aromatic rings. The molecule has 0 amide bonds. The van der Waals surface area contributed by atoms with Gasteiger partial charge in [0, 0.05) is 28.0 Å². The maximum atomic E-state index is 5.97. The lowest BCUT2D eigenvalue weighted by Gasteiger charge is -2.05. The highest BCUT2D eigenvalue weighted by Crippen LogP contribution is 2.31. The number of rotatable bonds is 6. The number of thiazole rings is 1. The van der Waals surface area contributed by atoms with Gasteiger partial charge in [-0.25, -0.2) is 4.98 Å². The Morgan fingerprint density at radius 2 is 2.00 bits per heavy atom. The molecule has 2 nitrogen and oxygen atoms in total. The van der Waals surface area contributed by atoms with Gasteiger partial charge in [0.1, 0.15) is 5.01 Å². The molecule has 1 N–H and O–H groups in total. The van der Waals surface area contributed by atoms with E-state index in [0.29, 0.717) is 5.92 Å². The van der Waals surface area contributed by atoms with Gasteiger partial charge >= 0.3 is 0 Å². The second-order valence-electron chi connectivity index (χ2n) is 6.15. The average molecular weight is 321 g/mol. The summed E-state index contributed by atoms with van der Waals surface area (Å²) in [5.41, 5.74) is 2.42. The highest BCUT2D eigenvalue weighted by Gasteiger charge is 2.22. The Bertz CT molecular complexity index is 600. The second kappa shape index (κ2) is 6.47. The molecule has 0 spiro atoms. The number of halogens is 1. The van der Waals surface area contributed by atoms with Crippen LogP contribution in [0.5, 0.6) is 0 Å². The molecule has 0 aliphatic heterocycles. The molecular weight excluding hydrogens is 300 g/mol. The van der Waals surface area contributed by atoms with Crippen LogP contribution in [0.2, 0.25) is 5.02 Å². The molecule has 0 saturated heterocycles. The van der Waals surface area contributed by atoms with Crippen LogP contribution in [0.4, 0.5) is 0 Å². The van der Waals surface area contributed by atoms with Crippen molar-refractivity contribution in [3.63, 3.8) is 0 Å². The van der Waals surface area contributed by atoms with E-state index >= 15 is 0 Å². The van der Waals surface area contributed by atoms with Gasteiger partial charge in [-0.1, -0.05) is 37.6 Å². The van der Waals surface area contributed by atoms with Crippen molar-refractivity contribution in [1.82, 2.24) is 10.3 Å². The van der Waals surface area contributed by atoms with Crippen molar-refractivity contribution >= 4 is 22.9 Å². The van der Waals surface area contributed by atoms with E-state index in [-0.39, 0.29) is 0 Å². The van der Waals surface area contributed by atoms with Crippen molar-refractivity contribution in [2.24, 2.45) is 5.92 Å². The third-order valence-corrected chi connectivity index (χ3v) is 5.00. The summed E-state index contributed by atoms with van der Waals surface area (Å²) in [4.78, 5) is 6.27. The van der Waals surface area contributed by atoms with Crippen LogP contribution in [0.25, 0.3) is 10.6 Å². The van der Waals surface area contributed by atoms with Crippen LogP contribution in [-0.4, -0.2) is 11.0 Å². The van der Waals surface area contributed by atoms with Crippen LogP contribution < -0.4 is 5.32 Å². The predicted octanol–water partition coefficient (Wildman–Crippen LogP) is 4.91. The Hall–Kier alpha value is -0.900. The Labute approximate surface area is 135 Å². The van der Waals surface area contributed by atoms with Gasteiger partial charge in [-0.05, 0) is 37.3 Å². The maximum Gasteiger partial charge on any atom is 0.123 e. The van der Waals surface area contributed by atoms with Crippen LogP contribution in [0.1, 0.15) is 37.3 Å². The first-order valence-electron chi connectivity index (χ1n) is 7.59. The van der Waals surface area contributed by atoms with Gasteiger partial charge < -0.3 is 5.32 Å². The SMILES string of the molecule is CC(C)Cc1nc(-c2ccc(Cl)cc2)sc1CNC1CC1. The third kappa shape index (κ3) is 4.06. The summed E-state index contributed by atoms with van der Waals surface area (Å²) in [6, 6.07) is 8.71. The van der Waals surface area contributed by atoms with Crippen molar-refractivity contribution in [3.05, 3.63) is 39.9 Å².